The normalized spacial score (nSPS) is 16.6. The lowest BCUT2D eigenvalue weighted by Crippen LogP contribution is -2.40. The van der Waals surface area contributed by atoms with Crippen LogP contribution in [0, 0.1) is 0 Å². The highest BCUT2D eigenvalue weighted by molar-refractivity contribution is 7.89. The van der Waals surface area contributed by atoms with E-state index in [1.165, 1.54) is 12.8 Å². The molecular formula is C18H25N3O2S. The van der Waals surface area contributed by atoms with E-state index in [9.17, 15) is 8.42 Å². The standard InChI is InChI=1S/C18H25N3O2S/c1-18(2,3)20-24(22,23)16-13-21(15-11-7-8-12-15)19-17(16)14-9-5-4-6-10-14/h4-6,9-10,13,15,20H,7-8,11-12H2,1-3H3. The Balaban J connectivity index is 2.09. The fraction of sp³-hybridized carbons (Fsp3) is 0.500. The van der Waals surface area contributed by atoms with E-state index in [0.29, 0.717) is 11.7 Å². The third-order valence-electron chi connectivity index (χ3n) is 4.17. The minimum absolute atomic E-state index is 0.260. The van der Waals surface area contributed by atoms with Crippen LogP contribution in [0.15, 0.2) is 41.4 Å². The van der Waals surface area contributed by atoms with Crippen molar-refractivity contribution >= 4 is 10.0 Å². The number of nitrogens with zero attached hydrogens (tertiary/aromatic N) is 2. The monoisotopic (exact) mass is 347 g/mol. The van der Waals surface area contributed by atoms with Gasteiger partial charge in [-0.25, -0.2) is 13.1 Å². The van der Waals surface area contributed by atoms with Crippen molar-refractivity contribution < 1.29 is 8.42 Å². The molecule has 0 amide bonds. The summed E-state index contributed by atoms with van der Waals surface area (Å²) in [5.74, 6) is 0. The zero-order valence-corrected chi connectivity index (χ0v) is 15.3. The topological polar surface area (TPSA) is 64.0 Å². The molecule has 0 saturated heterocycles. The third kappa shape index (κ3) is 3.70. The second kappa shape index (κ2) is 6.33. The maximum atomic E-state index is 12.9. The van der Waals surface area contributed by atoms with Crippen LogP contribution in [0.25, 0.3) is 11.3 Å². The molecule has 2 aromatic rings. The Morgan fingerprint density at radius 2 is 1.75 bits per heavy atom. The minimum atomic E-state index is -3.64. The summed E-state index contributed by atoms with van der Waals surface area (Å²) in [5.41, 5.74) is 0.810. The zero-order chi connectivity index (χ0) is 17.4. The van der Waals surface area contributed by atoms with Gasteiger partial charge in [0.25, 0.3) is 0 Å². The van der Waals surface area contributed by atoms with Gasteiger partial charge in [0.15, 0.2) is 0 Å². The van der Waals surface area contributed by atoms with Crippen LogP contribution in [0.1, 0.15) is 52.5 Å². The van der Waals surface area contributed by atoms with Crippen LogP contribution in [0.5, 0.6) is 0 Å². The van der Waals surface area contributed by atoms with Gasteiger partial charge in [-0.1, -0.05) is 43.2 Å². The van der Waals surface area contributed by atoms with Gasteiger partial charge in [-0.3, -0.25) is 4.68 Å². The number of hydrogen-bond acceptors (Lipinski definition) is 3. The molecule has 1 saturated carbocycles. The molecule has 0 unspecified atom stereocenters. The largest absolute Gasteiger partial charge is 0.268 e. The van der Waals surface area contributed by atoms with Crippen LogP contribution in [0.4, 0.5) is 0 Å². The zero-order valence-electron chi connectivity index (χ0n) is 14.5. The summed E-state index contributed by atoms with van der Waals surface area (Å²) >= 11 is 0. The first-order valence-electron chi connectivity index (χ1n) is 8.45. The van der Waals surface area contributed by atoms with Gasteiger partial charge < -0.3 is 0 Å². The summed E-state index contributed by atoms with van der Waals surface area (Å²) in [6.45, 7) is 5.52. The van der Waals surface area contributed by atoms with Crippen LogP contribution in [-0.2, 0) is 10.0 Å². The molecule has 0 spiro atoms. The van der Waals surface area contributed by atoms with Crippen LogP contribution in [-0.4, -0.2) is 23.7 Å². The van der Waals surface area contributed by atoms with E-state index in [2.05, 4.69) is 9.82 Å². The lowest BCUT2D eigenvalue weighted by molar-refractivity contribution is 0.466. The van der Waals surface area contributed by atoms with E-state index >= 15 is 0 Å². The van der Waals surface area contributed by atoms with Gasteiger partial charge in [0, 0.05) is 17.3 Å². The van der Waals surface area contributed by atoms with Crippen molar-refractivity contribution in [1.29, 1.82) is 0 Å². The number of rotatable bonds is 4. The molecule has 1 fully saturated rings. The Bertz CT molecular complexity index is 799. The first-order valence-corrected chi connectivity index (χ1v) is 9.93. The molecule has 1 aliphatic carbocycles. The van der Waals surface area contributed by atoms with Gasteiger partial charge in [0.1, 0.15) is 10.6 Å². The Hall–Kier alpha value is -1.66. The van der Waals surface area contributed by atoms with Crippen molar-refractivity contribution in [3.05, 3.63) is 36.5 Å². The first-order chi connectivity index (χ1) is 11.3. The molecule has 5 nitrogen and oxygen atoms in total. The maximum absolute atomic E-state index is 12.9. The van der Waals surface area contributed by atoms with Crippen LogP contribution in [0.2, 0.25) is 0 Å². The number of nitrogens with one attached hydrogen (secondary N) is 1. The van der Waals surface area contributed by atoms with Crippen molar-refractivity contribution in [3.63, 3.8) is 0 Å². The average Bonchev–Trinajstić information content (AvgIpc) is 3.15. The molecule has 6 heteroatoms. The van der Waals surface area contributed by atoms with Crippen molar-refractivity contribution in [2.45, 2.75) is 62.9 Å². The minimum Gasteiger partial charge on any atom is -0.268 e. The molecule has 0 atom stereocenters. The van der Waals surface area contributed by atoms with E-state index in [-0.39, 0.29) is 4.90 Å². The number of sulfonamides is 1. The van der Waals surface area contributed by atoms with Gasteiger partial charge in [-0.05, 0) is 33.6 Å². The summed E-state index contributed by atoms with van der Waals surface area (Å²) in [7, 11) is -3.64. The lowest BCUT2D eigenvalue weighted by atomic mass is 10.1. The van der Waals surface area contributed by atoms with Crippen LogP contribution < -0.4 is 4.72 Å². The van der Waals surface area contributed by atoms with Crippen molar-refractivity contribution in [2.75, 3.05) is 0 Å². The maximum Gasteiger partial charge on any atom is 0.244 e. The van der Waals surface area contributed by atoms with Gasteiger partial charge in [-0.15, -0.1) is 0 Å². The van der Waals surface area contributed by atoms with Crippen LogP contribution >= 0.6 is 0 Å². The summed E-state index contributed by atoms with van der Waals surface area (Å²) in [5, 5.41) is 4.66. The average molecular weight is 347 g/mol. The molecule has 1 heterocycles. The fourth-order valence-electron chi connectivity index (χ4n) is 3.18. The summed E-state index contributed by atoms with van der Waals surface area (Å²) < 4.78 is 30.4. The molecule has 1 N–H and O–H groups in total. The van der Waals surface area contributed by atoms with Gasteiger partial charge in [0.2, 0.25) is 10.0 Å². The smallest absolute Gasteiger partial charge is 0.244 e. The molecular weight excluding hydrogens is 322 g/mol. The highest BCUT2D eigenvalue weighted by Gasteiger charge is 2.29. The van der Waals surface area contributed by atoms with Gasteiger partial charge >= 0.3 is 0 Å². The molecule has 0 radical (unpaired) electrons. The molecule has 0 aliphatic heterocycles. The van der Waals surface area contributed by atoms with Crippen molar-refractivity contribution in [2.24, 2.45) is 0 Å². The second-order valence-corrected chi connectivity index (χ2v) is 9.13. The molecule has 1 aromatic heterocycles. The molecule has 1 aromatic carbocycles. The number of benzene rings is 1. The molecule has 3 rings (SSSR count). The predicted octanol–water partition coefficient (Wildman–Crippen LogP) is 3.74. The number of hydrogen-bond donors (Lipinski definition) is 1. The Morgan fingerprint density at radius 3 is 2.33 bits per heavy atom. The Kier molecular flexibility index (Phi) is 4.53. The first kappa shape index (κ1) is 17.2. The highest BCUT2D eigenvalue weighted by atomic mass is 32.2. The molecule has 0 bridgehead atoms. The molecule has 130 valence electrons. The van der Waals surface area contributed by atoms with Gasteiger partial charge in [0.05, 0.1) is 6.04 Å². The van der Waals surface area contributed by atoms with E-state index in [1.807, 2.05) is 55.8 Å². The van der Waals surface area contributed by atoms with Crippen molar-refractivity contribution in [1.82, 2.24) is 14.5 Å². The molecule has 24 heavy (non-hydrogen) atoms. The Morgan fingerprint density at radius 1 is 1.12 bits per heavy atom. The van der Waals surface area contributed by atoms with E-state index in [1.54, 1.807) is 6.20 Å². The quantitative estimate of drug-likeness (QED) is 0.916. The SMILES string of the molecule is CC(C)(C)NS(=O)(=O)c1cn(C2CCCC2)nc1-c1ccccc1. The van der Waals surface area contributed by atoms with Gasteiger partial charge in [-0.2, -0.15) is 5.10 Å². The number of aromatic nitrogens is 2. The third-order valence-corrected chi connectivity index (χ3v) is 5.93. The van der Waals surface area contributed by atoms with E-state index < -0.39 is 15.6 Å². The summed E-state index contributed by atoms with van der Waals surface area (Å²) in [6.07, 6.45) is 6.16. The summed E-state index contributed by atoms with van der Waals surface area (Å²) in [4.78, 5) is 0.260. The highest BCUT2D eigenvalue weighted by Crippen LogP contribution is 2.33. The second-order valence-electron chi connectivity index (χ2n) is 7.48. The van der Waals surface area contributed by atoms with Crippen LogP contribution in [0.3, 0.4) is 0 Å². The fourth-order valence-corrected chi connectivity index (χ4v) is 4.76. The van der Waals surface area contributed by atoms with E-state index in [4.69, 9.17) is 0 Å². The summed E-state index contributed by atoms with van der Waals surface area (Å²) in [6, 6.07) is 9.81. The molecule has 1 aliphatic rings. The van der Waals surface area contributed by atoms with E-state index in [0.717, 1.165) is 18.4 Å². The Labute approximate surface area is 144 Å². The predicted molar refractivity (Wildman–Crippen MR) is 95.2 cm³/mol. The van der Waals surface area contributed by atoms with Crippen molar-refractivity contribution in [3.8, 4) is 11.3 Å². The lowest BCUT2D eigenvalue weighted by Gasteiger charge is -2.20.